The van der Waals surface area contributed by atoms with E-state index in [1.165, 1.54) is 84.2 Å². The molecule has 2 aliphatic heterocycles. The fraction of sp³-hybridized carbons (Fsp3) is 1.00. The molecule has 0 aromatic carbocycles. The average molecular weight is 309 g/mol. The summed E-state index contributed by atoms with van der Waals surface area (Å²) in [7, 11) is 0. The summed E-state index contributed by atoms with van der Waals surface area (Å²) in [5, 5.41) is 0. The van der Waals surface area contributed by atoms with E-state index in [0.717, 1.165) is 11.8 Å². The molecule has 2 nitrogen and oxygen atoms in total. The molecular formula is C20H40N2. The monoisotopic (exact) mass is 308 g/mol. The van der Waals surface area contributed by atoms with Crippen molar-refractivity contribution in [3.8, 4) is 0 Å². The first-order valence-electron chi connectivity index (χ1n) is 10.0. The van der Waals surface area contributed by atoms with E-state index < -0.39 is 0 Å². The molecule has 0 bridgehead atoms. The second-order valence-corrected chi connectivity index (χ2v) is 8.56. The van der Waals surface area contributed by atoms with Gasteiger partial charge in [0.1, 0.15) is 0 Å². The van der Waals surface area contributed by atoms with Crippen LogP contribution in [0.1, 0.15) is 72.6 Å². The fourth-order valence-electron chi connectivity index (χ4n) is 4.46. The molecule has 2 saturated heterocycles. The minimum Gasteiger partial charge on any atom is -0.303 e. The number of hydrogen-bond donors (Lipinski definition) is 0. The van der Waals surface area contributed by atoms with E-state index in [9.17, 15) is 0 Å². The molecule has 0 N–H and O–H groups in total. The van der Waals surface area contributed by atoms with Crippen molar-refractivity contribution >= 4 is 0 Å². The Hall–Kier alpha value is -0.0800. The number of hydrogen-bond acceptors (Lipinski definition) is 2. The predicted molar refractivity (Wildman–Crippen MR) is 97.3 cm³/mol. The van der Waals surface area contributed by atoms with Crippen LogP contribution in [0.5, 0.6) is 0 Å². The minimum atomic E-state index is 0.709. The lowest BCUT2D eigenvalue weighted by atomic mass is 9.72. The summed E-state index contributed by atoms with van der Waals surface area (Å²) in [6.45, 7) is 17.6. The highest BCUT2D eigenvalue weighted by Gasteiger charge is 2.44. The smallest absolute Gasteiger partial charge is 0.00514 e. The molecule has 2 heteroatoms. The van der Waals surface area contributed by atoms with Crippen LogP contribution in [0.2, 0.25) is 0 Å². The summed E-state index contributed by atoms with van der Waals surface area (Å²) in [5.41, 5.74) is 0.709. The van der Waals surface area contributed by atoms with Crippen molar-refractivity contribution in [2.75, 3.05) is 39.3 Å². The molecule has 2 atom stereocenters. The van der Waals surface area contributed by atoms with Gasteiger partial charge in [-0.2, -0.15) is 0 Å². The Morgan fingerprint density at radius 2 is 1.59 bits per heavy atom. The molecule has 0 aromatic rings. The zero-order valence-electron chi connectivity index (χ0n) is 15.7. The SMILES string of the molecule is CCCC(C)CCCN1CC2(CCN(CC(C)CC)CC2)C1. The van der Waals surface area contributed by atoms with Gasteiger partial charge in [-0.05, 0) is 62.6 Å². The molecule has 0 radical (unpaired) electrons. The van der Waals surface area contributed by atoms with Crippen LogP contribution < -0.4 is 0 Å². The first-order chi connectivity index (χ1) is 10.6. The van der Waals surface area contributed by atoms with E-state index in [4.69, 9.17) is 0 Å². The van der Waals surface area contributed by atoms with Crippen molar-refractivity contribution in [3.63, 3.8) is 0 Å². The lowest BCUT2D eigenvalue weighted by Crippen LogP contribution is -2.60. The number of piperidine rings is 1. The predicted octanol–water partition coefficient (Wildman–Crippen LogP) is 4.65. The topological polar surface area (TPSA) is 6.48 Å². The minimum absolute atomic E-state index is 0.709. The third kappa shape index (κ3) is 5.23. The van der Waals surface area contributed by atoms with Crippen molar-refractivity contribution in [2.45, 2.75) is 72.6 Å². The van der Waals surface area contributed by atoms with Crippen LogP contribution in [0.4, 0.5) is 0 Å². The quantitative estimate of drug-likeness (QED) is 0.612. The third-order valence-electron chi connectivity index (χ3n) is 6.25. The maximum atomic E-state index is 2.73. The van der Waals surface area contributed by atoms with Crippen molar-refractivity contribution in [2.24, 2.45) is 17.3 Å². The van der Waals surface area contributed by atoms with Gasteiger partial charge in [0.25, 0.3) is 0 Å². The van der Waals surface area contributed by atoms with Gasteiger partial charge in [0.05, 0.1) is 0 Å². The van der Waals surface area contributed by atoms with Gasteiger partial charge in [-0.1, -0.05) is 47.0 Å². The summed E-state index contributed by atoms with van der Waals surface area (Å²) in [4.78, 5) is 5.44. The normalized spacial score (nSPS) is 25.1. The Labute approximate surface area is 139 Å². The molecule has 2 aliphatic rings. The molecule has 2 heterocycles. The number of nitrogens with zero attached hydrogens (tertiary/aromatic N) is 2. The number of rotatable bonds is 9. The Bertz CT molecular complexity index is 299. The van der Waals surface area contributed by atoms with Gasteiger partial charge >= 0.3 is 0 Å². The average Bonchev–Trinajstić information content (AvgIpc) is 2.47. The van der Waals surface area contributed by atoms with Crippen LogP contribution in [0.3, 0.4) is 0 Å². The largest absolute Gasteiger partial charge is 0.303 e. The summed E-state index contributed by atoms with van der Waals surface area (Å²) in [5.74, 6) is 1.81. The molecule has 2 rings (SSSR count). The Morgan fingerprint density at radius 3 is 2.18 bits per heavy atom. The lowest BCUT2D eigenvalue weighted by molar-refractivity contribution is -0.0489. The zero-order chi connectivity index (χ0) is 16.0. The van der Waals surface area contributed by atoms with Crippen molar-refractivity contribution in [3.05, 3.63) is 0 Å². The third-order valence-corrected chi connectivity index (χ3v) is 6.25. The molecule has 0 saturated carbocycles. The molecule has 0 aromatic heterocycles. The van der Waals surface area contributed by atoms with Crippen LogP contribution in [0.15, 0.2) is 0 Å². The number of likely N-dealkylation sites (tertiary alicyclic amines) is 2. The van der Waals surface area contributed by atoms with E-state index in [1.807, 2.05) is 0 Å². The molecular weight excluding hydrogens is 268 g/mol. The molecule has 130 valence electrons. The highest BCUT2D eigenvalue weighted by molar-refractivity contribution is 4.98. The van der Waals surface area contributed by atoms with E-state index >= 15 is 0 Å². The molecule has 0 aliphatic carbocycles. The van der Waals surface area contributed by atoms with E-state index in [1.54, 1.807) is 0 Å². The first kappa shape index (κ1) is 18.3. The van der Waals surface area contributed by atoms with Gasteiger partial charge in [0.2, 0.25) is 0 Å². The van der Waals surface area contributed by atoms with Gasteiger partial charge in [0.15, 0.2) is 0 Å². The van der Waals surface area contributed by atoms with Gasteiger partial charge in [0, 0.05) is 19.6 Å². The Kier molecular flexibility index (Phi) is 7.21. The summed E-state index contributed by atoms with van der Waals surface area (Å²) >= 11 is 0. The molecule has 2 fully saturated rings. The summed E-state index contributed by atoms with van der Waals surface area (Å²) in [6.07, 6.45) is 9.83. The first-order valence-corrected chi connectivity index (χ1v) is 10.0. The highest BCUT2D eigenvalue weighted by Crippen LogP contribution is 2.40. The van der Waals surface area contributed by atoms with Gasteiger partial charge in [-0.3, -0.25) is 0 Å². The standard InChI is InChI=1S/C20H40N2/c1-5-8-19(4)9-7-12-22-16-20(17-22)10-13-21(14-11-20)15-18(3)6-2/h18-19H,5-17H2,1-4H3. The second-order valence-electron chi connectivity index (χ2n) is 8.56. The van der Waals surface area contributed by atoms with Crippen molar-refractivity contribution < 1.29 is 0 Å². The van der Waals surface area contributed by atoms with Crippen LogP contribution in [-0.4, -0.2) is 49.1 Å². The highest BCUT2D eigenvalue weighted by atomic mass is 15.2. The van der Waals surface area contributed by atoms with Crippen LogP contribution in [0.25, 0.3) is 0 Å². The summed E-state index contributed by atoms with van der Waals surface area (Å²) < 4.78 is 0. The summed E-state index contributed by atoms with van der Waals surface area (Å²) in [6, 6.07) is 0. The van der Waals surface area contributed by atoms with E-state index in [2.05, 4.69) is 37.5 Å². The molecule has 22 heavy (non-hydrogen) atoms. The molecule has 0 amide bonds. The Balaban J connectivity index is 1.57. The van der Waals surface area contributed by atoms with Gasteiger partial charge in [-0.25, -0.2) is 0 Å². The van der Waals surface area contributed by atoms with Crippen LogP contribution in [-0.2, 0) is 0 Å². The van der Waals surface area contributed by atoms with Crippen molar-refractivity contribution in [1.29, 1.82) is 0 Å². The van der Waals surface area contributed by atoms with Crippen LogP contribution in [0, 0.1) is 17.3 Å². The van der Waals surface area contributed by atoms with Gasteiger partial charge < -0.3 is 9.80 Å². The van der Waals surface area contributed by atoms with Gasteiger partial charge in [-0.15, -0.1) is 0 Å². The maximum Gasteiger partial charge on any atom is 0.00514 e. The second kappa shape index (κ2) is 8.68. The zero-order valence-corrected chi connectivity index (χ0v) is 15.7. The van der Waals surface area contributed by atoms with E-state index in [-0.39, 0.29) is 0 Å². The van der Waals surface area contributed by atoms with Crippen molar-refractivity contribution in [1.82, 2.24) is 9.80 Å². The lowest BCUT2D eigenvalue weighted by Gasteiger charge is -2.54. The molecule has 1 spiro atoms. The van der Waals surface area contributed by atoms with Crippen LogP contribution >= 0.6 is 0 Å². The molecule has 2 unspecified atom stereocenters. The fourth-order valence-corrected chi connectivity index (χ4v) is 4.46. The maximum absolute atomic E-state index is 2.73. The van der Waals surface area contributed by atoms with E-state index in [0.29, 0.717) is 5.41 Å². The Morgan fingerprint density at radius 1 is 0.909 bits per heavy atom.